The summed E-state index contributed by atoms with van der Waals surface area (Å²) in [5.41, 5.74) is 2.16. The van der Waals surface area contributed by atoms with Crippen molar-refractivity contribution in [1.82, 2.24) is 10.3 Å². The second-order valence-corrected chi connectivity index (χ2v) is 7.57. The van der Waals surface area contributed by atoms with Gasteiger partial charge in [-0.15, -0.1) is 11.3 Å². The SMILES string of the molecule is Cc1[nH]c(=S)sc1CC(=O)N[C@H]1CCO[C@@H](c2ccccc2)C1. The molecule has 0 spiro atoms. The first-order valence-electron chi connectivity index (χ1n) is 7.76. The van der Waals surface area contributed by atoms with Crippen LogP contribution >= 0.6 is 23.6 Å². The number of carbonyl (C=O) groups excluding carboxylic acids is 1. The Bertz CT molecular complexity index is 724. The number of carbonyl (C=O) groups is 1. The number of ether oxygens (including phenoxy) is 1. The van der Waals surface area contributed by atoms with E-state index in [1.165, 1.54) is 16.9 Å². The van der Waals surface area contributed by atoms with E-state index in [4.69, 9.17) is 17.0 Å². The summed E-state index contributed by atoms with van der Waals surface area (Å²) in [6.07, 6.45) is 2.12. The minimum absolute atomic E-state index is 0.0528. The Hall–Kier alpha value is -1.50. The Labute approximate surface area is 144 Å². The van der Waals surface area contributed by atoms with Crippen LogP contribution in [0.2, 0.25) is 0 Å². The number of amides is 1. The third kappa shape index (κ3) is 4.28. The molecule has 1 amide bonds. The fraction of sp³-hybridized carbons (Fsp3) is 0.412. The van der Waals surface area contributed by atoms with Crippen molar-refractivity contribution < 1.29 is 9.53 Å². The second-order valence-electron chi connectivity index (χ2n) is 5.80. The zero-order valence-corrected chi connectivity index (χ0v) is 14.6. The smallest absolute Gasteiger partial charge is 0.225 e. The molecule has 4 nitrogen and oxygen atoms in total. The number of rotatable bonds is 4. The van der Waals surface area contributed by atoms with Gasteiger partial charge in [-0.25, -0.2) is 0 Å². The van der Waals surface area contributed by atoms with Crippen LogP contribution in [0.15, 0.2) is 30.3 Å². The largest absolute Gasteiger partial charge is 0.373 e. The molecule has 1 saturated heterocycles. The van der Waals surface area contributed by atoms with Crippen molar-refractivity contribution in [2.24, 2.45) is 0 Å². The molecule has 1 aliphatic rings. The molecule has 1 aromatic heterocycles. The molecule has 3 rings (SSSR count). The maximum absolute atomic E-state index is 12.3. The molecule has 2 atom stereocenters. The average Bonchev–Trinajstić information content (AvgIpc) is 2.86. The van der Waals surface area contributed by atoms with Gasteiger partial charge in [-0.2, -0.15) is 0 Å². The van der Waals surface area contributed by atoms with E-state index in [0.29, 0.717) is 13.0 Å². The van der Waals surface area contributed by atoms with Gasteiger partial charge in [0.15, 0.2) is 3.95 Å². The van der Waals surface area contributed by atoms with Gasteiger partial charge in [0, 0.05) is 23.2 Å². The Morgan fingerprint density at radius 1 is 1.43 bits per heavy atom. The maximum atomic E-state index is 12.3. The normalized spacial score (nSPS) is 21.1. The van der Waals surface area contributed by atoms with Crippen molar-refractivity contribution in [3.05, 3.63) is 50.4 Å². The summed E-state index contributed by atoms with van der Waals surface area (Å²) in [6.45, 7) is 2.63. The summed E-state index contributed by atoms with van der Waals surface area (Å²) in [4.78, 5) is 16.4. The number of nitrogens with one attached hydrogen (secondary N) is 2. The predicted molar refractivity (Wildman–Crippen MR) is 94.2 cm³/mol. The van der Waals surface area contributed by atoms with Crippen LogP contribution < -0.4 is 5.32 Å². The van der Waals surface area contributed by atoms with Crippen molar-refractivity contribution in [2.45, 2.75) is 38.3 Å². The minimum Gasteiger partial charge on any atom is -0.373 e. The molecule has 0 unspecified atom stereocenters. The van der Waals surface area contributed by atoms with Gasteiger partial charge in [0.2, 0.25) is 5.91 Å². The third-order valence-electron chi connectivity index (χ3n) is 4.07. The Morgan fingerprint density at radius 3 is 2.91 bits per heavy atom. The van der Waals surface area contributed by atoms with Gasteiger partial charge in [0.1, 0.15) is 0 Å². The molecule has 0 saturated carbocycles. The topological polar surface area (TPSA) is 54.1 Å². The fourth-order valence-corrected chi connectivity index (χ4v) is 4.15. The second kappa shape index (κ2) is 7.38. The minimum atomic E-state index is 0.0528. The first kappa shape index (κ1) is 16.4. The van der Waals surface area contributed by atoms with Crippen molar-refractivity contribution >= 4 is 29.5 Å². The van der Waals surface area contributed by atoms with Crippen LogP contribution in [0.4, 0.5) is 0 Å². The number of H-pyrrole nitrogens is 1. The van der Waals surface area contributed by atoms with E-state index in [-0.39, 0.29) is 18.1 Å². The highest BCUT2D eigenvalue weighted by Crippen LogP contribution is 2.28. The van der Waals surface area contributed by atoms with E-state index in [9.17, 15) is 4.79 Å². The summed E-state index contributed by atoms with van der Waals surface area (Å²) in [5, 5.41) is 3.14. The molecular formula is C17H20N2O2S2. The van der Waals surface area contributed by atoms with Gasteiger partial charge in [-0.1, -0.05) is 30.3 Å². The molecule has 0 radical (unpaired) electrons. The Balaban J connectivity index is 1.58. The van der Waals surface area contributed by atoms with E-state index < -0.39 is 0 Å². The van der Waals surface area contributed by atoms with Crippen molar-refractivity contribution in [2.75, 3.05) is 6.61 Å². The standard InChI is InChI=1S/C17H20N2O2S2/c1-11-15(23-17(22)18-11)10-16(20)19-13-7-8-21-14(9-13)12-5-3-2-4-6-12/h2-6,13-14H,7-10H2,1H3,(H,18,22)(H,19,20)/t13-,14+/m0/s1. The number of aromatic amines is 1. The maximum Gasteiger partial charge on any atom is 0.225 e. The molecule has 2 aromatic rings. The lowest BCUT2D eigenvalue weighted by atomic mass is 9.97. The number of hydrogen-bond acceptors (Lipinski definition) is 4. The van der Waals surface area contributed by atoms with Crippen LogP contribution in [0.3, 0.4) is 0 Å². The fourth-order valence-electron chi connectivity index (χ4n) is 2.86. The van der Waals surface area contributed by atoms with Gasteiger partial charge in [-0.05, 0) is 37.5 Å². The molecular weight excluding hydrogens is 328 g/mol. The number of benzene rings is 1. The highest BCUT2D eigenvalue weighted by atomic mass is 32.1. The summed E-state index contributed by atoms with van der Waals surface area (Å²) in [5.74, 6) is 0.0528. The molecule has 23 heavy (non-hydrogen) atoms. The number of thiazole rings is 1. The zero-order chi connectivity index (χ0) is 16.2. The highest BCUT2D eigenvalue weighted by molar-refractivity contribution is 7.73. The van der Waals surface area contributed by atoms with Gasteiger partial charge >= 0.3 is 0 Å². The van der Waals surface area contributed by atoms with Crippen LogP contribution in [0.5, 0.6) is 0 Å². The molecule has 2 N–H and O–H groups in total. The molecule has 1 aromatic carbocycles. The van der Waals surface area contributed by atoms with Crippen molar-refractivity contribution in [3.8, 4) is 0 Å². The van der Waals surface area contributed by atoms with E-state index in [1.54, 1.807) is 0 Å². The van der Waals surface area contributed by atoms with Crippen LogP contribution in [0, 0.1) is 10.9 Å². The van der Waals surface area contributed by atoms with Crippen LogP contribution in [0.1, 0.15) is 35.1 Å². The molecule has 0 bridgehead atoms. The van der Waals surface area contributed by atoms with Gasteiger partial charge in [0.05, 0.1) is 12.5 Å². The van der Waals surface area contributed by atoms with E-state index in [1.807, 2.05) is 25.1 Å². The third-order valence-corrected chi connectivity index (χ3v) is 5.40. The lowest BCUT2D eigenvalue weighted by Gasteiger charge is -2.30. The molecule has 2 heterocycles. The van der Waals surface area contributed by atoms with E-state index in [0.717, 1.165) is 27.4 Å². The molecule has 1 aliphatic heterocycles. The first-order valence-corrected chi connectivity index (χ1v) is 8.99. The molecule has 6 heteroatoms. The van der Waals surface area contributed by atoms with Crippen LogP contribution in [-0.4, -0.2) is 23.5 Å². The molecule has 0 aliphatic carbocycles. The van der Waals surface area contributed by atoms with Gasteiger partial charge in [0.25, 0.3) is 0 Å². The summed E-state index contributed by atoms with van der Waals surface area (Å²) in [7, 11) is 0. The summed E-state index contributed by atoms with van der Waals surface area (Å²) in [6, 6.07) is 10.3. The average molecular weight is 348 g/mol. The summed E-state index contributed by atoms with van der Waals surface area (Å²) < 4.78 is 6.57. The lowest BCUT2D eigenvalue weighted by Crippen LogP contribution is -2.40. The van der Waals surface area contributed by atoms with Gasteiger partial charge < -0.3 is 15.0 Å². The number of aromatic nitrogens is 1. The lowest BCUT2D eigenvalue weighted by molar-refractivity contribution is -0.122. The Morgan fingerprint density at radius 2 is 2.22 bits per heavy atom. The zero-order valence-electron chi connectivity index (χ0n) is 13.0. The monoisotopic (exact) mass is 348 g/mol. The number of aryl methyl sites for hydroxylation is 1. The van der Waals surface area contributed by atoms with Crippen molar-refractivity contribution in [1.29, 1.82) is 0 Å². The van der Waals surface area contributed by atoms with Crippen LogP contribution in [0.25, 0.3) is 0 Å². The molecule has 122 valence electrons. The van der Waals surface area contributed by atoms with Gasteiger partial charge in [-0.3, -0.25) is 4.79 Å². The molecule has 1 fully saturated rings. The summed E-state index contributed by atoms with van der Waals surface area (Å²) >= 11 is 6.59. The predicted octanol–water partition coefficient (Wildman–Crippen LogP) is 3.69. The first-order chi connectivity index (χ1) is 11.1. The highest BCUT2D eigenvalue weighted by Gasteiger charge is 2.25. The van der Waals surface area contributed by atoms with E-state index in [2.05, 4.69) is 22.4 Å². The van der Waals surface area contributed by atoms with E-state index >= 15 is 0 Å². The Kier molecular flexibility index (Phi) is 5.25. The number of hydrogen-bond donors (Lipinski definition) is 2. The van der Waals surface area contributed by atoms with Crippen LogP contribution in [-0.2, 0) is 16.0 Å². The van der Waals surface area contributed by atoms with Crippen molar-refractivity contribution in [3.63, 3.8) is 0 Å². The quantitative estimate of drug-likeness (QED) is 0.829.